The third-order valence-electron chi connectivity index (χ3n) is 2.95. The van der Waals surface area contributed by atoms with Crippen LogP contribution in [0.5, 0.6) is 0 Å². The zero-order valence-corrected chi connectivity index (χ0v) is 12.9. The molecule has 0 unspecified atom stereocenters. The molecule has 21 heavy (non-hydrogen) atoms. The first-order valence-corrected chi connectivity index (χ1v) is 7.68. The molecule has 0 aliphatic carbocycles. The summed E-state index contributed by atoms with van der Waals surface area (Å²) in [6.07, 6.45) is 0.288. The number of halogens is 1. The molecule has 0 aliphatic rings. The van der Waals surface area contributed by atoms with Crippen LogP contribution in [0.2, 0.25) is 5.02 Å². The Morgan fingerprint density at radius 3 is 3.05 bits per heavy atom. The summed E-state index contributed by atoms with van der Waals surface area (Å²) in [7, 11) is 0. The highest BCUT2D eigenvalue weighted by atomic mass is 35.5. The van der Waals surface area contributed by atoms with Gasteiger partial charge in [0.2, 0.25) is 5.91 Å². The first-order valence-electron chi connectivity index (χ1n) is 6.42. The largest absolute Gasteiger partial charge is 0.349 e. The first-order chi connectivity index (χ1) is 10.1. The van der Waals surface area contributed by atoms with E-state index >= 15 is 0 Å². The van der Waals surface area contributed by atoms with Crippen LogP contribution in [0.3, 0.4) is 0 Å². The number of amides is 1. The lowest BCUT2D eigenvalue weighted by Crippen LogP contribution is -2.25. The number of rotatable bonds is 4. The number of fused-ring (bicyclic) bond motifs is 1. The van der Waals surface area contributed by atoms with Crippen LogP contribution in [0.1, 0.15) is 16.5 Å². The van der Waals surface area contributed by atoms with E-state index in [0.29, 0.717) is 17.4 Å². The van der Waals surface area contributed by atoms with Gasteiger partial charge in [-0.3, -0.25) is 4.79 Å². The first kappa shape index (κ1) is 14.0. The molecule has 3 aromatic rings. The van der Waals surface area contributed by atoms with Crippen molar-refractivity contribution in [2.45, 2.75) is 19.9 Å². The monoisotopic (exact) mass is 320 g/mol. The van der Waals surface area contributed by atoms with Gasteiger partial charge in [-0.2, -0.15) is 0 Å². The number of benzene rings is 1. The Morgan fingerprint density at radius 1 is 1.43 bits per heavy atom. The molecule has 2 heterocycles. The van der Waals surface area contributed by atoms with Gasteiger partial charge in [0.05, 0.1) is 34.7 Å². The van der Waals surface area contributed by atoms with Crippen molar-refractivity contribution >= 4 is 39.9 Å². The fourth-order valence-corrected chi connectivity index (χ4v) is 2.80. The second-order valence-corrected chi connectivity index (χ2v) is 6.15. The van der Waals surface area contributed by atoms with Crippen molar-refractivity contribution < 1.29 is 4.79 Å². The van der Waals surface area contributed by atoms with Crippen molar-refractivity contribution in [2.75, 3.05) is 0 Å². The van der Waals surface area contributed by atoms with E-state index in [4.69, 9.17) is 11.6 Å². The second kappa shape index (κ2) is 5.83. The minimum atomic E-state index is -0.0706. The lowest BCUT2D eigenvalue weighted by molar-refractivity contribution is -0.120. The third kappa shape index (κ3) is 3.40. The van der Waals surface area contributed by atoms with Crippen LogP contribution in [0, 0.1) is 6.92 Å². The molecule has 0 spiro atoms. The number of aromatic amines is 1. The third-order valence-corrected chi connectivity index (χ3v) is 4.01. The zero-order chi connectivity index (χ0) is 14.8. The molecule has 5 nitrogen and oxygen atoms in total. The Morgan fingerprint density at radius 2 is 2.29 bits per heavy atom. The Hall–Kier alpha value is -1.92. The van der Waals surface area contributed by atoms with Gasteiger partial charge in [0.1, 0.15) is 5.82 Å². The van der Waals surface area contributed by atoms with Crippen molar-refractivity contribution in [1.82, 2.24) is 20.3 Å². The molecule has 0 atom stereocenters. The van der Waals surface area contributed by atoms with Gasteiger partial charge in [0.25, 0.3) is 0 Å². The van der Waals surface area contributed by atoms with Crippen molar-refractivity contribution in [2.24, 2.45) is 0 Å². The smallest absolute Gasteiger partial charge is 0.226 e. The van der Waals surface area contributed by atoms with Crippen LogP contribution in [0.25, 0.3) is 11.0 Å². The summed E-state index contributed by atoms with van der Waals surface area (Å²) in [5, 5.41) is 6.35. The van der Waals surface area contributed by atoms with Crippen molar-refractivity contribution in [1.29, 1.82) is 0 Å². The molecule has 108 valence electrons. The SMILES string of the molecule is Cc1nc(CC(=O)NCc2nc3ccc(Cl)cc3[nH]2)cs1. The number of nitrogens with one attached hydrogen (secondary N) is 2. The van der Waals surface area contributed by atoms with Gasteiger partial charge < -0.3 is 10.3 Å². The standard InChI is InChI=1S/C14H13ClN4OS/c1-8-17-10(7-21-8)5-14(20)16-6-13-18-11-3-2-9(15)4-12(11)19-13/h2-4,7H,5-6H2,1H3,(H,16,20)(H,18,19). The average molecular weight is 321 g/mol. The Balaban J connectivity index is 1.61. The second-order valence-electron chi connectivity index (χ2n) is 4.66. The molecule has 0 fully saturated rings. The number of hydrogen-bond donors (Lipinski definition) is 2. The summed E-state index contributed by atoms with van der Waals surface area (Å²) in [5.41, 5.74) is 2.49. The number of H-pyrrole nitrogens is 1. The molecule has 0 bridgehead atoms. The zero-order valence-electron chi connectivity index (χ0n) is 11.3. The van der Waals surface area contributed by atoms with Crippen molar-refractivity contribution in [3.8, 4) is 0 Å². The van der Waals surface area contributed by atoms with E-state index in [1.807, 2.05) is 24.4 Å². The van der Waals surface area contributed by atoms with Crippen LogP contribution < -0.4 is 5.32 Å². The number of imidazole rings is 1. The molecule has 1 aromatic carbocycles. The molecular weight excluding hydrogens is 308 g/mol. The number of hydrogen-bond acceptors (Lipinski definition) is 4. The van der Waals surface area contributed by atoms with Crippen LogP contribution in [0.4, 0.5) is 0 Å². The topological polar surface area (TPSA) is 70.7 Å². The highest BCUT2D eigenvalue weighted by Gasteiger charge is 2.08. The highest BCUT2D eigenvalue weighted by Crippen LogP contribution is 2.17. The molecule has 0 saturated carbocycles. The summed E-state index contributed by atoms with van der Waals surface area (Å²) in [5.74, 6) is 0.633. The number of aromatic nitrogens is 3. The summed E-state index contributed by atoms with van der Waals surface area (Å²) in [6.45, 7) is 2.28. The maximum Gasteiger partial charge on any atom is 0.226 e. The van der Waals surface area contributed by atoms with E-state index in [0.717, 1.165) is 21.7 Å². The highest BCUT2D eigenvalue weighted by molar-refractivity contribution is 7.09. The van der Waals surface area contributed by atoms with Gasteiger partial charge in [-0.05, 0) is 25.1 Å². The molecule has 3 rings (SSSR count). The molecule has 0 aliphatic heterocycles. The molecule has 2 aromatic heterocycles. The normalized spacial score (nSPS) is 11.0. The summed E-state index contributed by atoms with van der Waals surface area (Å²) < 4.78 is 0. The number of carbonyl (C=O) groups is 1. The van der Waals surface area contributed by atoms with Crippen LogP contribution in [-0.2, 0) is 17.8 Å². The van der Waals surface area contributed by atoms with Crippen molar-refractivity contribution in [3.05, 3.63) is 45.1 Å². The number of carbonyl (C=O) groups excluding carboxylic acids is 1. The molecule has 7 heteroatoms. The van der Waals surface area contributed by atoms with Gasteiger partial charge >= 0.3 is 0 Å². The summed E-state index contributed by atoms with van der Waals surface area (Å²) in [4.78, 5) is 23.7. The summed E-state index contributed by atoms with van der Waals surface area (Å²) in [6, 6.07) is 5.45. The number of aryl methyl sites for hydroxylation is 1. The molecule has 2 N–H and O–H groups in total. The predicted molar refractivity (Wildman–Crippen MR) is 83.5 cm³/mol. The lowest BCUT2D eigenvalue weighted by atomic mass is 10.3. The van der Waals surface area contributed by atoms with Crippen LogP contribution in [0.15, 0.2) is 23.6 Å². The number of thiazole rings is 1. The Kier molecular flexibility index (Phi) is 3.90. The van der Waals surface area contributed by atoms with Crippen LogP contribution >= 0.6 is 22.9 Å². The fourth-order valence-electron chi connectivity index (χ4n) is 2.02. The molecule has 1 amide bonds. The molecule has 0 radical (unpaired) electrons. The van der Waals surface area contributed by atoms with E-state index in [9.17, 15) is 4.79 Å². The van der Waals surface area contributed by atoms with Gasteiger partial charge in [0, 0.05) is 10.4 Å². The average Bonchev–Trinajstić information content (AvgIpc) is 3.02. The van der Waals surface area contributed by atoms with Gasteiger partial charge in [-0.25, -0.2) is 9.97 Å². The summed E-state index contributed by atoms with van der Waals surface area (Å²) >= 11 is 7.47. The minimum Gasteiger partial charge on any atom is -0.349 e. The van der Waals surface area contributed by atoms with E-state index in [2.05, 4.69) is 20.3 Å². The lowest BCUT2D eigenvalue weighted by Gasteiger charge is -2.01. The van der Waals surface area contributed by atoms with Gasteiger partial charge in [-0.1, -0.05) is 11.6 Å². The van der Waals surface area contributed by atoms with Gasteiger partial charge in [-0.15, -0.1) is 11.3 Å². The van der Waals surface area contributed by atoms with E-state index in [-0.39, 0.29) is 12.3 Å². The molecule has 0 saturated heterocycles. The number of nitrogens with zero attached hydrogens (tertiary/aromatic N) is 2. The fraction of sp³-hybridized carbons (Fsp3) is 0.214. The maximum atomic E-state index is 11.9. The quantitative estimate of drug-likeness (QED) is 0.776. The maximum absolute atomic E-state index is 11.9. The minimum absolute atomic E-state index is 0.0706. The molecular formula is C14H13ClN4OS. The predicted octanol–water partition coefficient (Wildman–Crippen LogP) is 2.84. The Bertz CT molecular complexity index is 795. The van der Waals surface area contributed by atoms with Crippen LogP contribution in [-0.4, -0.2) is 20.9 Å². The van der Waals surface area contributed by atoms with E-state index in [1.165, 1.54) is 0 Å². The van der Waals surface area contributed by atoms with E-state index in [1.54, 1.807) is 17.4 Å². The van der Waals surface area contributed by atoms with Gasteiger partial charge in [0.15, 0.2) is 0 Å². The Labute approximate surface area is 130 Å². The van der Waals surface area contributed by atoms with Crippen molar-refractivity contribution in [3.63, 3.8) is 0 Å². The van der Waals surface area contributed by atoms with E-state index < -0.39 is 0 Å².